The fraction of sp³-hybridized carbons (Fsp3) is 0.333. The van der Waals surface area contributed by atoms with Crippen molar-refractivity contribution < 1.29 is 19.1 Å². The topological polar surface area (TPSA) is 90.7 Å². The van der Waals surface area contributed by atoms with Crippen LogP contribution in [0.2, 0.25) is 0 Å². The van der Waals surface area contributed by atoms with Gasteiger partial charge in [-0.3, -0.25) is 19.0 Å². The maximum absolute atomic E-state index is 13.5. The summed E-state index contributed by atoms with van der Waals surface area (Å²) in [6.45, 7) is 8.78. The van der Waals surface area contributed by atoms with Crippen LogP contribution in [-0.2, 0) is 9.53 Å². The maximum Gasteiger partial charge on any atom is 0.308 e. The summed E-state index contributed by atoms with van der Waals surface area (Å²) >= 11 is 0. The van der Waals surface area contributed by atoms with Gasteiger partial charge in [0.1, 0.15) is 18.2 Å². The fourth-order valence-corrected chi connectivity index (χ4v) is 4.32. The number of hydrogen-bond donors (Lipinski definition) is 0. The van der Waals surface area contributed by atoms with Gasteiger partial charge in [0.25, 0.3) is 11.5 Å². The number of rotatable bonds is 6. The Morgan fingerprint density at radius 2 is 1.89 bits per heavy atom. The third-order valence-corrected chi connectivity index (χ3v) is 6.16. The summed E-state index contributed by atoms with van der Waals surface area (Å²) in [5.41, 5.74) is 2.25. The van der Waals surface area contributed by atoms with Crippen molar-refractivity contribution in [2.24, 2.45) is 5.92 Å². The number of nitrogens with zero attached hydrogens (tertiary/aromatic N) is 3. The van der Waals surface area contributed by atoms with Crippen LogP contribution in [0.15, 0.2) is 59.4 Å². The van der Waals surface area contributed by atoms with Crippen molar-refractivity contribution in [1.29, 1.82) is 0 Å². The van der Waals surface area contributed by atoms with Gasteiger partial charge in [0.15, 0.2) is 0 Å². The molecule has 0 saturated carbocycles. The van der Waals surface area contributed by atoms with E-state index in [1.54, 1.807) is 54.3 Å². The van der Waals surface area contributed by atoms with Crippen LogP contribution in [0.5, 0.6) is 5.75 Å². The lowest BCUT2D eigenvalue weighted by molar-refractivity contribution is -0.146. The van der Waals surface area contributed by atoms with Crippen LogP contribution in [0.1, 0.15) is 35.9 Å². The number of ether oxygens (including phenoxy) is 2. The molecule has 35 heavy (non-hydrogen) atoms. The first-order valence-electron chi connectivity index (χ1n) is 11.6. The highest BCUT2D eigenvalue weighted by atomic mass is 16.5. The number of aromatic nitrogens is 2. The lowest BCUT2D eigenvalue weighted by Crippen LogP contribution is -2.40. The van der Waals surface area contributed by atoms with Crippen LogP contribution in [0, 0.1) is 12.8 Å². The van der Waals surface area contributed by atoms with Crippen LogP contribution in [0.4, 0.5) is 0 Å². The fourth-order valence-electron chi connectivity index (χ4n) is 4.32. The zero-order valence-corrected chi connectivity index (χ0v) is 20.2. The molecular formula is C27H29N3O5. The number of likely N-dealkylation sites (tertiary alicyclic amines) is 1. The average molecular weight is 476 g/mol. The molecule has 1 fully saturated rings. The van der Waals surface area contributed by atoms with Crippen molar-refractivity contribution in [3.8, 4) is 11.4 Å². The minimum absolute atomic E-state index is 0.134. The maximum atomic E-state index is 13.5. The number of piperidine rings is 1. The Hall–Kier alpha value is -3.94. The molecule has 2 heterocycles. The summed E-state index contributed by atoms with van der Waals surface area (Å²) in [5, 5.41) is 0.427. The van der Waals surface area contributed by atoms with Crippen LogP contribution >= 0.6 is 0 Å². The lowest BCUT2D eigenvalue weighted by atomic mass is 9.96. The first-order valence-corrected chi connectivity index (χ1v) is 11.6. The summed E-state index contributed by atoms with van der Waals surface area (Å²) in [5.74, 6) is 0.538. The molecule has 8 nitrogen and oxygen atoms in total. The van der Waals surface area contributed by atoms with Crippen molar-refractivity contribution in [3.05, 3.63) is 76.4 Å². The monoisotopic (exact) mass is 475 g/mol. The SMILES string of the molecule is C=C(C)COc1ccc2nc(C)n(-c3cccc(C(=O)N4CCC(C(=O)OC)CC4)c3)c(=O)c2c1. The number of amides is 1. The molecule has 1 aliphatic rings. The Balaban J connectivity index is 1.63. The van der Waals surface area contributed by atoms with Crippen molar-refractivity contribution in [2.45, 2.75) is 26.7 Å². The van der Waals surface area contributed by atoms with Crippen LogP contribution in [0.3, 0.4) is 0 Å². The second-order valence-corrected chi connectivity index (χ2v) is 8.86. The van der Waals surface area contributed by atoms with Gasteiger partial charge in [0.05, 0.1) is 29.6 Å². The van der Waals surface area contributed by atoms with Gasteiger partial charge in [-0.25, -0.2) is 4.98 Å². The first-order chi connectivity index (χ1) is 16.8. The third kappa shape index (κ3) is 5.11. The molecule has 4 rings (SSSR count). The molecule has 2 aromatic carbocycles. The highest BCUT2D eigenvalue weighted by Crippen LogP contribution is 2.22. The Bertz CT molecular complexity index is 1350. The average Bonchev–Trinajstić information content (AvgIpc) is 2.87. The third-order valence-electron chi connectivity index (χ3n) is 6.16. The quantitative estimate of drug-likeness (QED) is 0.399. The summed E-state index contributed by atoms with van der Waals surface area (Å²) in [6, 6.07) is 12.2. The van der Waals surface area contributed by atoms with E-state index in [9.17, 15) is 14.4 Å². The molecule has 0 radical (unpaired) electrons. The second kappa shape index (κ2) is 10.1. The molecule has 0 atom stereocenters. The lowest BCUT2D eigenvalue weighted by Gasteiger charge is -2.30. The molecule has 182 valence electrons. The summed E-state index contributed by atoms with van der Waals surface area (Å²) < 4.78 is 12.0. The molecule has 1 amide bonds. The number of carbonyl (C=O) groups is 2. The molecule has 0 aliphatic carbocycles. The van der Waals surface area contributed by atoms with E-state index >= 15 is 0 Å². The minimum Gasteiger partial charge on any atom is -0.489 e. The zero-order valence-electron chi connectivity index (χ0n) is 20.2. The number of esters is 1. The van der Waals surface area contributed by atoms with Crippen LogP contribution < -0.4 is 10.3 Å². The van der Waals surface area contributed by atoms with Gasteiger partial charge >= 0.3 is 5.97 Å². The second-order valence-electron chi connectivity index (χ2n) is 8.86. The van der Waals surface area contributed by atoms with Gasteiger partial charge < -0.3 is 14.4 Å². The van der Waals surface area contributed by atoms with E-state index in [1.165, 1.54) is 11.7 Å². The van der Waals surface area contributed by atoms with Gasteiger partial charge in [0.2, 0.25) is 0 Å². The molecule has 8 heteroatoms. The van der Waals surface area contributed by atoms with Gasteiger partial charge in [-0.1, -0.05) is 12.6 Å². The van der Waals surface area contributed by atoms with Gasteiger partial charge in [-0.05, 0) is 68.7 Å². The van der Waals surface area contributed by atoms with Crippen molar-refractivity contribution in [3.63, 3.8) is 0 Å². The molecule has 0 spiro atoms. The molecular weight excluding hydrogens is 446 g/mol. The molecule has 3 aromatic rings. The summed E-state index contributed by atoms with van der Waals surface area (Å²) in [4.78, 5) is 44.7. The van der Waals surface area contributed by atoms with Gasteiger partial charge in [0, 0.05) is 18.7 Å². The van der Waals surface area contributed by atoms with Crippen molar-refractivity contribution >= 4 is 22.8 Å². The first kappa shape index (κ1) is 24.2. The molecule has 1 saturated heterocycles. The predicted molar refractivity (Wildman–Crippen MR) is 133 cm³/mol. The minimum atomic E-state index is -0.239. The van der Waals surface area contributed by atoms with E-state index in [1.807, 2.05) is 6.92 Å². The van der Waals surface area contributed by atoms with Crippen molar-refractivity contribution in [1.82, 2.24) is 14.5 Å². The number of carbonyl (C=O) groups excluding carboxylic acids is 2. The highest BCUT2D eigenvalue weighted by molar-refractivity contribution is 5.95. The highest BCUT2D eigenvalue weighted by Gasteiger charge is 2.28. The molecule has 0 unspecified atom stereocenters. The van der Waals surface area contributed by atoms with E-state index in [-0.39, 0.29) is 23.4 Å². The van der Waals surface area contributed by atoms with E-state index in [0.29, 0.717) is 66.3 Å². The van der Waals surface area contributed by atoms with E-state index < -0.39 is 0 Å². The molecule has 0 N–H and O–H groups in total. The van der Waals surface area contributed by atoms with Gasteiger partial charge in [-0.15, -0.1) is 0 Å². The predicted octanol–water partition coefficient (Wildman–Crippen LogP) is 3.67. The normalized spacial score (nSPS) is 14.1. The zero-order chi connectivity index (χ0) is 25.1. The Morgan fingerprint density at radius 3 is 2.57 bits per heavy atom. The number of fused-ring (bicyclic) bond motifs is 1. The Kier molecular flexibility index (Phi) is 7.00. The largest absolute Gasteiger partial charge is 0.489 e. The molecule has 0 bridgehead atoms. The molecule has 1 aliphatic heterocycles. The van der Waals surface area contributed by atoms with Crippen LogP contribution in [0.25, 0.3) is 16.6 Å². The van der Waals surface area contributed by atoms with Crippen molar-refractivity contribution in [2.75, 3.05) is 26.8 Å². The van der Waals surface area contributed by atoms with E-state index in [4.69, 9.17) is 9.47 Å². The summed E-state index contributed by atoms with van der Waals surface area (Å²) in [7, 11) is 1.38. The smallest absolute Gasteiger partial charge is 0.308 e. The van der Waals surface area contributed by atoms with E-state index in [0.717, 1.165) is 5.57 Å². The number of aryl methyl sites for hydroxylation is 1. The Morgan fingerprint density at radius 1 is 1.14 bits per heavy atom. The van der Waals surface area contributed by atoms with Crippen LogP contribution in [-0.4, -0.2) is 53.1 Å². The molecule has 1 aromatic heterocycles. The Labute approximate surface area is 203 Å². The summed E-state index contributed by atoms with van der Waals surface area (Å²) in [6.07, 6.45) is 1.14. The number of hydrogen-bond acceptors (Lipinski definition) is 6. The number of benzene rings is 2. The van der Waals surface area contributed by atoms with E-state index in [2.05, 4.69) is 11.6 Å². The van der Waals surface area contributed by atoms with Gasteiger partial charge in [-0.2, -0.15) is 0 Å². The standard InChI is InChI=1S/C27H29N3O5/c1-17(2)16-35-22-8-9-24-23(15-22)26(32)30(18(3)28-24)21-7-5-6-20(14-21)25(31)29-12-10-19(11-13-29)27(33)34-4/h5-9,14-15,19H,1,10-13,16H2,2-4H3. The number of methoxy groups -OCH3 is 1.